The van der Waals surface area contributed by atoms with Crippen LogP contribution in [0.2, 0.25) is 0 Å². The first kappa shape index (κ1) is 17.1. The van der Waals surface area contributed by atoms with Gasteiger partial charge in [-0.1, -0.05) is 50.6 Å². The van der Waals surface area contributed by atoms with E-state index in [-0.39, 0.29) is 17.3 Å². The number of aromatic amines is 1. The van der Waals surface area contributed by atoms with Crippen LogP contribution in [0.3, 0.4) is 0 Å². The summed E-state index contributed by atoms with van der Waals surface area (Å²) < 4.78 is 38.7. The van der Waals surface area contributed by atoms with Gasteiger partial charge < -0.3 is 10.3 Å². The van der Waals surface area contributed by atoms with E-state index in [1.54, 1.807) is 30.3 Å². The highest BCUT2D eigenvalue weighted by atomic mass is 19.4. The summed E-state index contributed by atoms with van der Waals surface area (Å²) in [6, 6.07) is 8.32. The molecule has 0 saturated heterocycles. The topological polar surface area (TPSA) is 57.8 Å². The van der Waals surface area contributed by atoms with Crippen molar-refractivity contribution in [1.29, 1.82) is 0 Å². The van der Waals surface area contributed by atoms with Crippen LogP contribution in [-0.4, -0.2) is 22.4 Å². The first-order chi connectivity index (χ1) is 10.8. The highest BCUT2D eigenvalue weighted by molar-refractivity contribution is 5.98. The summed E-state index contributed by atoms with van der Waals surface area (Å²) >= 11 is 0. The zero-order chi connectivity index (χ0) is 17.0. The van der Waals surface area contributed by atoms with Crippen LogP contribution in [0.5, 0.6) is 0 Å². The van der Waals surface area contributed by atoms with E-state index >= 15 is 0 Å². The number of halogens is 3. The molecule has 1 aromatic heterocycles. The summed E-state index contributed by atoms with van der Waals surface area (Å²) in [6.45, 7) is 4.32. The highest BCUT2D eigenvalue weighted by Gasteiger charge is 2.37. The van der Waals surface area contributed by atoms with Gasteiger partial charge in [0.15, 0.2) is 0 Å². The predicted octanol–water partition coefficient (Wildman–Crippen LogP) is 3.87. The number of hydrogen-bond donors (Lipinski definition) is 2. The van der Waals surface area contributed by atoms with Crippen molar-refractivity contribution in [2.75, 3.05) is 6.54 Å². The van der Waals surface area contributed by atoms with E-state index < -0.39 is 17.9 Å². The summed E-state index contributed by atoms with van der Waals surface area (Å²) in [5, 5.41) is 2.65. The number of imidazole rings is 1. The zero-order valence-corrected chi connectivity index (χ0v) is 12.9. The summed E-state index contributed by atoms with van der Waals surface area (Å²) in [5.74, 6) is -1.53. The molecule has 2 aromatic rings. The fourth-order valence-electron chi connectivity index (χ4n) is 1.98. The molecule has 0 saturated carbocycles. The second-order valence-corrected chi connectivity index (χ2v) is 5.40. The number of nitrogens with one attached hydrogen (secondary N) is 2. The van der Waals surface area contributed by atoms with E-state index in [2.05, 4.69) is 15.3 Å². The van der Waals surface area contributed by atoms with Gasteiger partial charge in [-0.3, -0.25) is 4.79 Å². The number of H-pyrrole nitrogens is 1. The minimum atomic E-state index is -4.64. The smallest absolute Gasteiger partial charge is 0.350 e. The summed E-state index contributed by atoms with van der Waals surface area (Å²) in [5.41, 5.74) is 0.277. The molecule has 2 rings (SSSR count). The third-order valence-electron chi connectivity index (χ3n) is 3.55. The monoisotopic (exact) mass is 325 g/mol. The molecule has 0 radical (unpaired) electrons. The Balaban J connectivity index is 2.37. The number of hydrogen-bond acceptors (Lipinski definition) is 2. The third kappa shape index (κ3) is 4.12. The Hall–Kier alpha value is -2.31. The molecule has 0 bridgehead atoms. The number of alkyl halides is 3. The number of nitrogens with zero attached hydrogens (tertiary/aromatic N) is 1. The fourth-order valence-corrected chi connectivity index (χ4v) is 1.98. The second-order valence-electron chi connectivity index (χ2n) is 5.40. The van der Waals surface area contributed by atoms with Crippen molar-refractivity contribution in [3.63, 3.8) is 0 Å². The van der Waals surface area contributed by atoms with E-state index in [1.807, 2.05) is 13.8 Å². The average Bonchev–Trinajstić information content (AvgIpc) is 2.98. The van der Waals surface area contributed by atoms with Crippen molar-refractivity contribution >= 4 is 5.91 Å². The average molecular weight is 325 g/mol. The van der Waals surface area contributed by atoms with E-state index in [0.717, 1.165) is 6.42 Å². The van der Waals surface area contributed by atoms with Crippen molar-refractivity contribution in [2.45, 2.75) is 26.4 Å². The van der Waals surface area contributed by atoms with Crippen molar-refractivity contribution in [1.82, 2.24) is 15.3 Å². The Kier molecular flexibility index (Phi) is 5.08. The minimum absolute atomic E-state index is 0.000392. The summed E-state index contributed by atoms with van der Waals surface area (Å²) in [7, 11) is 0. The molecule has 4 nitrogen and oxygen atoms in total. The first-order valence-corrected chi connectivity index (χ1v) is 7.33. The second kappa shape index (κ2) is 6.85. The van der Waals surface area contributed by atoms with E-state index in [4.69, 9.17) is 0 Å². The Labute approximate surface area is 132 Å². The van der Waals surface area contributed by atoms with Gasteiger partial charge in [0.25, 0.3) is 5.91 Å². The van der Waals surface area contributed by atoms with Crippen molar-refractivity contribution in [2.24, 2.45) is 5.92 Å². The lowest BCUT2D eigenvalue weighted by molar-refractivity contribution is -0.144. The molecule has 2 N–H and O–H groups in total. The van der Waals surface area contributed by atoms with Crippen LogP contribution in [0, 0.1) is 5.92 Å². The van der Waals surface area contributed by atoms with Crippen molar-refractivity contribution in [3.05, 3.63) is 41.9 Å². The van der Waals surface area contributed by atoms with E-state index in [1.165, 1.54) is 0 Å². The number of aromatic nitrogens is 2. The Morgan fingerprint density at radius 1 is 1.30 bits per heavy atom. The van der Waals surface area contributed by atoms with Crippen LogP contribution in [0.1, 0.15) is 36.6 Å². The number of carbonyl (C=O) groups excluding carboxylic acids is 1. The lowest BCUT2D eigenvalue weighted by atomic mass is 10.1. The standard InChI is InChI=1S/C16H18F3N3O/c1-3-10(2)9-20-14(23)13-12(11-7-5-4-6-8-11)21-15(22-13)16(17,18)19/h4-8,10H,3,9H2,1-2H3,(H,20,23)(H,21,22). The molecular weight excluding hydrogens is 307 g/mol. The molecule has 23 heavy (non-hydrogen) atoms. The molecule has 0 spiro atoms. The normalized spacial score (nSPS) is 12.9. The Morgan fingerprint density at radius 3 is 2.52 bits per heavy atom. The highest BCUT2D eigenvalue weighted by Crippen LogP contribution is 2.31. The van der Waals surface area contributed by atoms with Crippen molar-refractivity contribution < 1.29 is 18.0 Å². The van der Waals surface area contributed by atoms with Crippen molar-refractivity contribution in [3.8, 4) is 11.3 Å². The third-order valence-corrected chi connectivity index (χ3v) is 3.55. The summed E-state index contributed by atoms with van der Waals surface area (Å²) in [4.78, 5) is 17.9. The van der Waals surface area contributed by atoms with Gasteiger partial charge >= 0.3 is 6.18 Å². The van der Waals surface area contributed by atoms with Gasteiger partial charge in [-0.05, 0) is 5.92 Å². The van der Waals surface area contributed by atoms with Crippen LogP contribution in [0.4, 0.5) is 13.2 Å². The largest absolute Gasteiger partial charge is 0.449 e. The van der Waals surface area contributed by atoms with Crippen LogP contribution in [-0.2, 0) is 6.18 Å². The molecular formula is C16H18F3N3O. The number of amides is 1. The van der Waals surface area contributed by atoms with Gasteiger partial charge in [0.1, 0.15) is 11.4 Å². The maximum absolute atomic E-state index is 12.9. The molecule has 0 aliphatic rings. The predicted molar refractivity (Wildman–Crippen MR) is 80.8 cm³/mol. The van der Waals surface area contributed by atoms with Crippen LogP contribution < -0.4 is 5.32 Å². The molecule has 0 fully saturated rings. The molecule has 1 amide bonds. The van der Waals surface area contributed by atoms with Gasteiger partial charge in [-0.15, -0.1) is 0 Å². The van der Waals surface area contributed by atoms with Gasteiger partial charge in [0.2, 0.25) is 5.82 Å². The van der Waals surface area contributed by atoms with Gasteiger partial charge in [0, 0.05) is 12.1 Å². The minimum Gasteiger partial charge on any atom is -0.350 e. The molecule has 0 aliphatic heterocycles. The van der Waals surface area contributed by atoms with Crippen LogP contribution in [0.15, 0.2) is 30.3 Å². The summed E-state index contributed by atoms with van der Waals surface area (Å²) in [6.07, 6.45) is -3.78. The Bertz CT molecular complexity index is 665. The van der Waals surface area contributed by atoms with Crippen LogP contribution in [0.25, 0.3) is 11.3 Å². The van der Waals surface area contributed by atoms with Gasteiger partial charge in [-0.25, -0.2) is 4.98 Å². The van der Waals surface area contributed by atoms with E-state index in [0.29, 0.717) is 12.1 Å². The lowest BCUT2D eigenvalue weighted by Gasteiger charge is -2.10. The molecule has 1 heterocycles. The maximum atomic E-state index is 12.9. The zero-order valence-electron chi connectivity index (χ0n) is 12.9. The molecule has 0 aliphatic carbocycles. The fraction of sp³-hybridized carbons (Fsp3) is 0.375. The quantitative estimate of drug-likeness (QED) is 0.877. The Morgan fingerprint density at radius 2 is 1.96 bits per heavy atom. The number of carbonyl (C=O) groups is 1. The SMILES string of the molecule is CCC(C)CNC(=O)c1[nH]c(C(F)(F)F)nc1-c1ccccc1. The molecule has 124 valence electrons. The van der Waals surface area contributed by atoms with Gasteiger partial charge in [-0.2, -0.15) is 13.2 Å². The molecule has 1 atom stereocenters. The first-order valence-electron chi connectivity index (χ1n) is 7.33. The maximum Gasteiger partial charge on any atom is 0.449 e. The van der Waals surface area contributed by atoms with Gasteiger partial charge in [0.05, 0.1) is 0 Å². The lowest BCUT2D eigenvalue weighted by Crippen LogP contribution is -2.28. The number of rotatable bonds is 5. The van der Waals surface area contributed by atoms with E-state index in [9.17, 15) is 18.0 Å². The van der Waals surface area contributed by atoms with Crippen LogP contribution >= 0.6 is 0 Å². The molecule has 1 aromatic carbocycles. The number of benzene rings is 1. The molecule has 1 unspecified atom stereocenters. The molecule has 7 heteroatoms.